The average molecular weight is 299 g/mol. The van der Waals surface area contributed by atoms with Gasteiger partial charge in [0, 0.05) is 5.41 Å². The SMILES string of the molecule is CC1(C)C=CC=C(/C=C(\C(O)C(C)(C)C)n2cncn2)C=C1. The van der Waals surface area contributed by atoms with Crippen LogP contribution in [0, 0.1) is 10.8 Å². The molecule has 0 spiro atoms. The highest BCUT2D eigenvalue weighted by Gasteiger charge is 2.27. The number of allylic oxidation sites excluding steroid dienone is 7. The molecule has 1 N–H and O–H groups in total. The van der Waals surface area contributed by atoms with E-state index < -0.39 is 6.10 Å². The molecule has 1 aromatic rings. The zero-order valence-corrected chi connectivity index (χ0v) is 14.0. The smallest absolute Gasteiger partial charge is 0.138 e. The van der Waals surface area contributed by atoms with Crippen LogP contribution in [0.1, 0.15) is 34.6 Å². The Bertz CT molecular complexity index is 626. The molecule has 0 radical (unpaired) electrons. The molecule has 1 aliphatic carbocycles. The Balaban J connectivity index is 2.42. The zero-order valence-electron chi connectivity index (χ0n) is 14.0. The van der Waals surface area contributed by atoms with Crippen molar-refractivity contribution in [3.63, 3.8) is 0 Å². The highest BCUT2D eigenvalue weighted by atomic mass is 16.3. The third-order valence-corrected chi connectivity index (χ3v) is 3.62. The van der Waals surface area contributed by atoms with Gasteiger partial charge in [0.25, 0.3) is 0 Å². The number of aromatic nitrogens is 3. The van der Waals surface area contributed by atoms with Crippen molar-refractivity contribution < 1.29 is 5.11 Å². The van der Waals surface area contributed by atoms with Crippen LogP contribution in [0.25, 0.3) is 5.70 Å². The Morgan fingerprint density at radius 1 is 1.32 bits per heavy atom. The molecule has 1 heterocycles. The van der Waals surface area contributed by atoms with Crippen LogP contribution in [-0.2, 0) is 0 Å². The first kappa shape index (κ1) is 16.4. The lowest BCUT2D eigenvalue weighted by molar-refractivity contribution is 0.108. The van der Waals surface area contributed by atoms with E-state index in [1.165, 1.54) is 6.33 Å². The van der Waals surface area contributed by atoms with Gasteiger partial charge < -0.3 is 5.11 Å². The molecule has 0 aromatic carbocycles. The third kappa shape index (κ3) is 4.04. The molecule has 0 aliphatic heterocycles. The molecule has 118 valence electrons. The van der Waals surface area contributed by atoms with Crippen molar-refractivity contribution in [2.45, 2.75) is 40.7 Å². The second kappa shape index (κ2) is 6.05. The fourth-order valence-electron chi connectivity index (χ4n) is 2.15. The van der Waals surface area contributed by atoms with Crippen molar-refractivity contribution >= 4 is 5.70 Å². The maximum atomic E-state index is 10.7. The lowest BCUT2D eigenvalue weighted by atomic mass is 9.86. The zero-order chi connectivity index (χ0) is 16.4. The summed E-state index contributed by atoms with van der Waals surface area (Å²) >= 11 is 0. The van der Waals surface area contributed by atoms with E-state index >= 15 is 0 Å². The van der Waals surface area contributed by atoms with Gasteiger partial charge in [0.15, 0.2) is 0 Å². The van der Waals surface area contributed by atoms with Crippen molar-refractivity contribution in [2.75, 3.05) is 0 Å². The molecule has 1 aliphatic rings. The fourth-order valence-corrected chi connectivity index (χ4v) is 2.15. The third-order valence-electron chi connectivity index (χ3n) is 3.62. The Labute approximate surface area is 132 Å². The first-order chi connectivity index (χ1) is 10.2. The maximum absolute atomic E-state index is 10.7. The van der Waals surface area contributed by atoms with Gasteiger partial charge in [-0.25, -0.2) is 9.67 Å². The highest BCUT2D eigenvalue weighted by molar-refractivity contribution is 5.57. The van der Waals surface area contributed by atoms with Gasteiger partial charge in [-0.15, -0.1) is 0 Å². The standard InChI is InChI=1S/C18H25N3O/c1-17(2,3)16(22)15(21-13-19-12-20-21)11-14-7-6-9-18(4,5)10-8-14/h6-13,16,22H,1-5H3/b15-11+. The largest absolute Gasteiger partial charge is 0.386 e. The van der Waals surface area contributed by atoms with Crippen molar-refractivity contribution in [2.24, 2.45) is 10.8 Å². The molecule has 0 saturated heterocycles. The fraction of sp³-hybridized carbons (Fsp3) is 0.444. The van der Waals surface area contributed by atoms with Crippen LogP contribution in [0.5, 0.6) is 0 Å². The lowest BCUT2D eigenvalue weighted by Gasteiger charge is -2.28. The summed E-state index contributed by atoms with van der Waals surface area (Å²) in [5, 5.41) is 14.9. The van der Waals surface area contributed by atoms with Crippen molar-refractivity contribution in [3.05, 3.63) is 54.7 Å². The number of nitrogens with zero attached hydrogens (tertiary/aromatic N) is 3. The van der Waals surface area contributed by atoms with E-state index in [-0.39, 0.29) is 10.8 Å². The van der Waals surface area contributed by atoms with Crippen LogP contribution >= 0.6 is 0 Å². The summed E-state index contributed by atoms with van der Waals surface area (Å²) in [4.78, 5) is 3.99. The Morgan fingerprint density at radius 3 is 2.64 bits per heavy atom. The summed E-state index contributed by atoms with van der Waals surface area (Å²) in [5.41, 5.74) is 1.48. The molecule has 0 fully saturated rings. The molecule has 4 nitrogen and oxygen atoms in total. The molecule has 1 aromatic heterocycles. The van der Waals surface area contributed by atoms with Gasteiger partial charge in [-0.1, -0.05) is 65.0 Å². The summed E-state index contributed by atoms with van der Waals surface area (Å²) < 4.78 is 1.63. The first-order valence-electron chi connectivity index (χ1n) is 7.52. The molecule has 0 amide bonds. The predicted octanol–water partition coefficient (Wildman–Crippen LogP) is 3.60. The summed E-state index contributed by atoms with van der Waals surface area (Å²) in [7, 11) is 0. The summed E-state index contributed by atoms with van der Waals surface area (Å²) in [6, 6.07) is 0. The van der Waals surface area contributed by atoms with Gasteiger partial charge in [0.2, 0.25) is 0 Å². The van der Waals surface area contributed by atoms with E-state index in [9.17, 15) is 5.11 Å². The second-order valence-corrected chi connectivity index (χ2v) is 7.36. The molecule has 0 saturated carbocycles. The van der Waals surface area contributed by atoms with E-state index in [4.69, 9.17) is 0 Å². The van der Waals surface area contributed by atoms with E-state index in [0.29, 0.717) is 5.70 Å². The molecule has 1 atom stereocenters. The predicted molar refractivity (Wildman–Crippen MR) is 89.9 cm³/mol. The normalized spacial score (nSPS) is 19.7. The number of rotatable bonds is 3. The average Bonchev–Trinajstić information content (AvgIpc) is 2.87. The van der Waals surface area contributed by atoms with E-state index in [1.807, 2.05) is 39.0 Å². The quantitative estimate of drug-likeness (QED) is 0.927. The van der Waals surface area contributed by atoms with Crippen LogP contribution in [0.2, 0.25) is 0 Å². The van der Waals surface area contributed by atoms with Gasteiger partial charge in [-0.3, -0.25) is 0 Å². The number of hydrogen-bond donors (Lipinski definition) is 1. The molecule has 22 heavy (non-hydrogen) atoms. The van der Waals surface area contributed by atoms with E-state index in [2.05, 4.69) is 42.2 Å². The minimum atomic E-state index is -0.649. The van der Waals surface area contributed by atoms with Crippen LogP contribution in [0.15, 0.2) is 54.7 Å². The van der Waals surface area contributed by atoms with Gasteiger partial charge in [-0.2, -0.15) is 5.10 Å². The van der Waals surface area contributed by atoms with E-state index in [0.717, 1.165) is 5.57 Å². The lowest BCUT2D eigenvalue weighted by Crippen LogP contribution is -2.30. The van der Waals surface area contributed by atoms with Gasteiger partial charge in [0.05, 0.1) is 5.70 Å². The van der Waals surface area contributed by atoms with Crippen molar-refractivity contribution in [1.82, 2.24) is 14.8 Å². The van der Waals surface area contributed by atoms with Crippen LogP contribution in [0.4, 0.5) is 0 Å². The molecule has 2 rings (SSSR count). The molecular weight excluding hydrogens is 274 g/mol. The Morgan fingerprint density at radius 2 is 2.05 bits per heavy atom. The monoisotopic (exact) mass is 299 g/mol. The second-order valence-electron chi connectivity index (χ2n) is 7.36. The maximum Gasteiger partial charge on any atom is 0.138 e. The summed E-state index contributed by atoms with van der Waals surface area (Å²) in [6.07, 6.45) is 14.9. The van der Waals surface area contributed by atoms with Crippen LogP contribution < -0.4 is 0 Å². The van der Waals surface area contributed by atoms with E-state index in [1.54, 1.807) is 11.0 Å². The Hall–Kier alpha value is -1.94. The minimum absolute atomic E-state index is 0.0299. The number of aliphatic hydroxyl groups is 1. The van der Waals surface area contributed by atoms with Crippen molar-refractivity contribution in [3.8, 4) is 0 Å². The van der Waals surface area contributed by atoms with Crippen LogP contribution in [0.3, 0.4) is 0 Å². The number of hydrogen-bond acceptors (Lipinski definition) is 3. The van der Waals surface area contributed by atoms with Crippen molar-refractivity contribution in [1.29, 1.82) is 0 Å². The summed E-state index contributed by atoms with van der Waals surface area (Å²) in [5.74, 6) is 0. The summed E-state index contributed by atoms with van der Waals surface area (Å²) in [6.45, 7) is 10.3. The molecule has 0 bridgehead atoms. The minimum Gasteiger partial charge on any atom is -0.386 e. The molecule has 4 heteroatoms. The van der Waals surface area contributed by atoms with Crippen LogP contribution in [-0.4, -0.2) is 26.0 Å². The van der Waals surface area contributed by atoms with Gasteiger partial charge in [-0.05, 0) is 17.1 Å². The Kier molecular flexibility index (Phi) is 4.52. The van der Waals surface area contributed by atoms with Gasteiger partial charge in [0.1, 0.15) is 18.8 Å². The first-order valence-corrected chi connectivity index (χ1v) is 7.52. The molecular formula is C18H25N3O. The van der Waals surface area contributed by atoms with Gasteiger partial charge >= 0.3 is 0 Å². The highest BCUT2D eigenvalue weighted by Crippen LogP contribution is 2.29. The number of aliphatic hydroxyl groups excluding tert-OH is 1. The topological polar surface area (TPSA) is 50.9 Å². The molecule has 1 unspecified atom stereocenters.